The third kappa shape index (κ3) is 3.58. The number of carbonyl (C=O) groups excluding carboxylic acids is 1. The highest BCUT2D eigenvalue weighted by atomic mass is 19.1. The van der Waals surface area contributed by atoms with Gasteiger partial charge in [-0.15, -0.1) is 0 Å². The van der Waals surface area contributed by atoms with Crippen LogP contribution in [0.2, 0.25) is 0 Å². The van der Waals surface area contributed by atoms with E-state index in [-0.39, 0.29) is 24.3 Å². The van der Waals surface area contributed by atoms with Gasteiger partial charge in [-0.25, -0.2) is 4.39 Å². The lowest BCUT2D eigenvalue weighted by atomic mass is 10.2. The fourth-order valence-corrected chi connectivity index (χ4v) is 1.02. The maximum atomic E-state index is 12.5. The summed E-state index contributed by atoms with van der Waals surface area (Å²) in [5.74, 6) is -0.437. The summed E-state index contributed by atoms with van der Waals surface area (Å²) in [6.07, 6.45) is 0. The van der Waals surface area contributed by atoms with Crippen LogP contribution in [0.4, 0.5) is 4.39 Å². The van der Waals surface area contributed by atoms with Crippen LogP contribution in [0, 0.1) is 11.7 Å². The molecule has 0 aliphatic heterocycles. The molecule has 1 rings (SSSR count). The van der Waals surface area contributed by atoms with Crippen LogP contribution < -0.4 is 4.74 Å². The number of halogens is 1. The van der Waals surface area contributed by atoms with E-state index in [9.17, 15) is 9.18 Å². The van der Waals surface area contributed by atoms with Gasteiger partial charge in [0.25, 0.3) is 0 Å². The summed E-state index contributed by atoms with van der Waals surface area (Å²) in [4.78, 5) is 11.0. The third-order valence-electron chi connectivity index (χ3n) is 1.92. The topological polar surface area (TPSA) is 35.5 Å². The quantitative estimate of drug-likeness (QED) is 0.716. The fraction of sp³-hybridized carbons (Fsp3) is 0.364. The van der Waals surface area contributed by atoms with Crippen LogP contribution in [-0.4, -0.2) is 19.7 Å². The van der Waals surface area contributed by atoms with Crippen molar-refractivity contribution in [1.82, 2.24) is 0 Å². The van der Waals surface area contributed by atoms with Gasteiger partial charge in [0.1, 0.15) is 18.2 Å². The van der Waals surface area contributed by atoms with E-state index in [0.29, 0.717) is 5.75 Å². The first-order valence-electron chi connectivity index (χ1n) is 4.59. The van der Waals surface area contributed by atoms with Gasteiger partial charge in [-0.1, -0.05) is 0 Å². The molecule has 4 heteroatoms. The molecule has 82 valence electrons. The molecule has 0 saturated carbocycles. The maximum Gasteiger partial charge on any atom is 0.311 e. The van der Waals surface area contributed by atoms with Gasteiger partial charge in [0, 0.05) is 0 Å². The minimum Gasteiger partial charge on any atom is -0.493 e. The number of benzene rings is 1. The molecule has 0 aliphatic rings. The first kappa shape index (κ1) is 11.5. The standard InChI is InChI=1S/C11H13FO3/c1-8(11(13)14-2)7-15-10-5-3-9(12)4-6-10/h3-6,8H,7H2,1-2H3. The third-order valence-corrected chi connectivity index (χ3v) is 1.92. The number of carbonyl (C=O) groups is 1. The van der Waals surface area contributed by atoms with Crippen molar-refractivity contribution in [2.24, 2.45) is 5.92 Å². The zero-order chi connectivity index (χ0) is 11.3. The minimum absolute atomic E-state index is 0.221. The number of hydrogen-bond donors (Lipinski definition) is 0. The lowest BCUT2D eigenvalue weighted by molar-refractivity contribution is -0.145. The Morgan fingerprint density at radius 2 is 2.00 bits per heavy atom. The molecule has 0 heterocycles. The van der Waals surface area contributed by atoms with Crippen molar-refractivity contribution in [2.75, 3.05) is 13.7 Å². The molecule has 1 unspecified atom stereocenters. The predicted octanol–water partition coefficient (Wildman–Crippen LogP) is 2.01. The summed E-state index contributed by atoms with van der Waals surface area (Å²) in [5, 5.41) is 0. The van der Waals surface area contributed by atoms with Crippen LogP contribution >= 0.6 is 0 Å². The molecular weight excluding hydrogens is 199 g/mol. The summed E-state index contributed by atoms with van der Waals surface area (Å²) < 4.78 is 22.4. The number of methoxy groups -OCH3 is 1. The largest absolute Gasteiger partial charge is 0.493 e. The van der Waals surface area contributed by atoms with E-state index in [1.54, 1.807) is 6.92 Å². The molecule has 0 N–H and O–H groups in total. The average Bonchev–Trinajstić information content (AvgIpc) is 2.26. The van der Waals surface area contributed by atoms with E-state index >= 15 is 0 Å². The van der Waals surface area contributed by atoms with Crippen LogP contribution in [0.15, 0.2) is 24.3 Å². The fourth-order valence-electron chi connectivity index (χ4n) is 1.02. The lowest BCUT2D eigenvalue weighted by Gasteiger charge is -2.10. The Balaban J connectivity index is 2.43. The number of rotatable bonds is 4. The van der Waals surface area contributed by atoms with Crippen LogP contribution in [-0.2, 0) is 9.53 Å². The Hall–Kier alpha value is -1.58. The van der Waals surface area contributed by atoms with Crippen molar-refractivity contribution >= 4 is 5.97 Å². The van der Waals surface area contributed by atoms with Crippen LogP contribution in [0.1, 0.15) is 6.92 Å². The van der Waals surface area contributed by atoms with E-state index in [1.807, 2.05) is 0 Å². The number of esters is 1. The Kier molecular flexibility index (Phi) is 4.09. The summed E-state index contributed by atoms with van der Waals surface area (Å²) in [6, 6.07) is 5.63. The molecule has 0 aliphatic carbocycles. The first-order valence-corrected chi connectivity index (χ1v) is 4.59. The maximum absolute atomic E-state index is 12.5. The van der Waals surface area contributed by atoms with Crippen LogP contribution in [0.3, 0.4) is 0 Å². The van der Waals surface area contributed by atoms with Gasteiger partial charge < -0.3 is 9.47 Å². The molecule has 0 bridgehead atoms. The zero-order valence-electron chi connectivity index (χ0n) is 8.70. The zero-order valence-corrected chi connectivity index (χ0v) is 8.70. The number of hydrogen-bond acceptors (Lipinski definition) is 3. The monoisotopic (exact) mass is 212 g/mol. The van der Waals surface area contributed by atoms with Crippen molar-refractivity contribution in [3.05, 3.63) is 30.1 Å². The smallest absolute Gasteiger partial charge is 0.311 e. The molecular formula is C11H13FO3. The molecule has 0 fully saturated rings. The molecule has 1 aromatic rings. The Bertz CT molecular complexity index is 321. The summed E-state index contributed by atoms with van der Waals surface area (Å²) in [6.45, 7) is 1.92. The summed E-state index contributed by atoms with van der Waals surface area (Å²) >= 11 is 0. The molecule has 3 nitrogen and oxygen atoms in total. The van der Waals surface area contributed by atoms with Crippen molar-refractivity contribution in [2.45, 2.75) is 6.92 Å². The second-order valence-corrected chi connectivity index (χ2v) is 3.19. The predicted molar refractivity (Wildman–Crippen MR) is 53.1 cm³/mol. The Labute approximate surface area is 87.8 Å². The molecule has 0 spiro atoms. The van der Waals surface area contributed by atoms with Crippen molar-refractivity contribution < 1.29 is 18.7 Å². The normalized spacial score (nSPS) is 11.9. The highest BCUT2D eigenvalue weighted by molar-refractivity contribution is 5.71. The van der Waals surface area contributed by atoms with E-state index in [1.165, 1.54) is 31.4 Å². The highest BCUT2D eigenvalue weighted by Gasteiger charge is 2.13. The molecule has 1 aromatic carbocycles. The van der Waals surface area contributed by atoms with Gasteiger partial charge >= 0.3 is 5.97 Å². The Morgan fingerprint density at radius 1 is 1.40 bits per heavy atom. The molecule has 1 atom stereocenters. The van der Waals surface area contributed by atoms with Gasteiger partial charge in [-0.05, 0) is 31.2 Å². The summed E-state index contributed by atoms with van der Waals surface area (Å²) in [7, 11) is 1.33. The molecule has 0 radical (unpaired) electrons. The van der Waals surface area contributed by atoms with Crippen molar-refractivity contribution in [1.29, 1.82) is 0 Å². The second-order valence-electron chi connectivity index (χ2n) is 3.19. The van der Waals surface area contributed by atoms with Gasteiger partial charge in [0.15, 0.2) is 0 Å². The second kappa shape index (κ2) is 5.34. The Morgan fingerprint density at radius 3 is 2.53 bits per heavy atom. The highest BCUT2D eigenvalue weighted by Crippen LogP contribution is 2.12. The molecule has 0 saturated heterocycles. The first-order chi connectivity index (χ1) is 7.13. The van der Waals surface area contributed by atoms with Gasteiger partial charge in [0.05, 0.1) is 13.0 Å². The minimum atomic E-state index is -0.333. The summed E-state index contributed by atoms with van der Waals surface area (Å²) in [5.41, 5.74) is 0. The SMILES string of the molecule is COC(=O)C(C)COc1ccc(F)cc1. The van der Waals surface area contributed by atoms with E-state index in [0.717, 1.165) is 0 Å². The van der Waals surface area contributed by atoms with E-state index < -0.39 is 0 Å². The molecule has 15 heavy (non-hydrogen) atoms. The molecule has 0 aromatic heterocycles. The van der Waals surface area contributed by atoms with E-state index in [4.69, 9.17) is 4.74 Å². The van der Waals surface area contributed by atoms with E-state index in [2.05, 4.69) is 4.74 Å². The van der Waals surface area contributed by atoms with Gasteiger partial charge in [-0.2, -0.15) is 0 Å². The number of ether oxygens (including phenoxy) is 2. The van der Waals surface area contributed by atoms with Gasteiger partial charge in [0.2, 0.25) is 0 Å². The lowest BCUT2D eigenvalue weighted by Crippen LogP contribution is -2.19. The average molecular weight is 212 g/mol. The van der Waals surface area contributed by atoms with Crippen molar-refractivity contribution in [3.63, 3.8) is 0 Å². The van der Waals surface area contributed by atoms with Crippen LogP contribution in [0.5, 0.6) is 5.75 Å². The van der Waals surface area contributed by atoms with Crippen molar-refractivity contribution in [3.8, 4) is 5.75 Å². The molecule has 0 amide bonds. The van der Waals surface area contributed by atoms with Crippen LogP contribution in [0.25, 0.3) is 0 Å². The van der Waals surface area contributed by atoms with Gasteiger partial charge in [-0.3, -0.25) is 4.79 Å².